The molecule has 48 heavy (non-hydrogen) atoms. The van der Waals surface area contributed by atoms with Crippen molar-refractivity contribution in [3.63, 3.8) is 0 Å². The topological polar surface area (TPSA) is 167 Å². The minimum Gasteiger partial charge on any atom is -0.468 e. The van der Waals surface area contributed by atoms with Gasteiger partial charge in [-0.2, -0.15) is 26.3 Å². The van der Waals surface area contributed by atoms with E-state index in [2.05, 4.69) is 40.7 Å². The third-order valence-electron chi connectivity index (χ3n) is 6.18. The highest BCUT2D eigenvalue weighted by molar-refractivity contribution is 5.74. The van der Waals surface area contributed by atoms with E-state index in [0.29, 0.717) is 11.1 Å². The minimum absolute atomic E-state index is 0.0857. The first-order chi connectivity index (χ1) is 21.9. The van der Waals surface area contributed by atoms with Crippen molar-refractivity contribution in [2.75, 3.05) is 26.3 Å². The van der Waals surface area contributed by atoms with Gasteiger partial charge in [-0.05, 0) is 34.1 Å². The van der Waals surface area contributed by atoms with Gasteiger partial charge in [0.15, 0.2) is 13.2 Å². The normalized spacial score (nSPS) is 13.3. The second-order valence-electron chi connectivity index (χ2n) is 12.7. The van der Waals surface area contributed by atoms with Crippen LogP contribution in [-0.2, 0) is 13.1 Å². The molecule has 0 fully saturated rings. The maximum absolute atomic E-state index is 12.1. The van der Waals surface area contributed by atoms with Gasteiger partial charge in [0.05, 0.1) is 12.2 Å². The molecule has 0 unspecified atom stereocenters. The third kappa shape index (κ3) is 19.6. The number of aliphatic hydroxyl groups excluding tert-OH is 2. The van der Waals surface area contributed by atoms with Gasteiger partial charge in [-0.1, -0.05) is 41.5 Å². The molecule has 2 atom stereocenters. The van der Waals surface area contributed by atoms with E-state index in [9.17, 15) is 46.1 Å². The van der Waals surface area contributed by atoms with Crippen LogP contribution in [0.3, 0.4) is 0 Å². The van der Waals surface area contributed by atoms with Crippen LogP contribution in [0, 0.1) is 10.8 Å². The zero-order valence-corrected chi connectivity index (χ0v) is 27.6. The fraction of sp³-hybridized carbons (Fsp3) is 0.600. The van der Waals surface area contributed by atoms with Crippen molar-refractivity contribution in [1.29, 1.82) is 0 Å². The average molecular weight is 699 g/mol. The molecule has 0 bridgehead atoms. The molecule has 0 aliphatic heterocycles. The molecule has 18 heteroatoms. The van der Waals surface area contributed by atoms with Crippen LogP contribution in [-0.4, -0.2) is 83.1 Å². The van der Waals surface area contributed by atoms with Crippen LogP contribution in [0.25, 0.3) is 0 Å². The Hall–Kier alpha value is -4.06. The monoisotopic (exact) mass is 698 g/mol. The summed E-state index contributed by atoms with van der Waals surface area (Å²) in [6.07, 6.45) is -7.69. The van der Waals surface area contributed by atoms with E-state index in [1.807, 2.05) is 41.5 Å². The fourth-order valence-corrected chi connectivity index (χ4v) is 3.07. The number of carbonyl (C=O) groups is 2. The Labute approximate surface area is 275 Å². The molecule has 0 saturated carbocycles. The van der Waals surface area contributed by atoms with E-state index < -0.39 is 49.8 Å². The van der Waals surface area contributed by atoms with Crippen molar-refractivity contribution in [1.82, 2.24) is 31.2 Å². The molecule has 6 N–H and O–H groups in total. The SMILES string of the molecule is CC(C)(C)[C@@H](O)CNC(=O)NCc1ccnc(OCC(F)(F)F)c1.CC(C)(C)[C@H](O)CNC(=O)NCc1ccnc(OCC(F)(F)F)c1. The van der Waals surface area contributed by atoms with Gasteiger partial charge < -0.3 is 41.0 Å². The first-order valence-electron chi connectivity index (χ1n) is 14.6. The number of amides is 4. The molecule has 2 aromatic rings. The third-order valence-corrected chi connectivity index (χ3v) is 6.18. The molecule has 12 nitrogen and oxygen atoms in total. The summed E-state index contributed by atoms with van der Waals surface area (Å²) >= 11 is 0. The zero-order valence-electron chi connectivity index (χ0n) is 27.6. The summed E-state index contributed by atoms with van der Waals surface area (Å²) in [4.78, 5) is 30.7. The Balaban J connectivity index is 0.000000480. The lowest BCUT2D eigenvalue weighted by Crippen LogP contribution is -2.43. The molecule has 4 amide bonds. The first kappa shape index (κ1) is 42.0. The number of hydrogen-bond acceptors (Lipinski definition) is 8. The summed E-state index contributed by atoms with van der Waals surface area (Å²) in [6, 6.07) is 4.74. The number of nitrogens with one attached hydrogen (secondary N) is 4. The van der Waals surface area contributed by atoms with E-state index in [1.165, 1.54) is 24.5 Å². The number of nitrogens with zero attached hydrogens (tertiary/aromatic N) is 2. The Morgan fingerprint density at radius 2 is 1.00 bits per heavy atom. The maximum Gasteiger partial charge on any atom is 0.422 e. The highest BCUT2D eigenvalue weighted by atomic mass is 19.4. The summed E-state index contributed by atoms with van der Waals surface area (Å²) in [5, 5.41) is 29.8. The molecule has 2 aromatic heterocycles. The number of ether oxygens (including phenoxy) is 2. The Morgan fingerprint density at radius 1 is 0.667 bits per heavy atom. The van der Waals surface area contributed by atoms with Crippen molar-refractivity contribution in [3.8, 4) is 11.8 Å². The number of aliphatic hydroxyl groups is 2. The van der Waals surface area contributed by atoms with Crippen LogP contribution < -0.4 is 30.7 Å². The predicted octanol–water partition coefficient (Wildman–Crippen LogP) is 4.46. The molecule has 0 aliphatic carbocycles. The van der Waals surface area contributed by atoms with E-state index in [1.54, 1.807) is 12.1 Å². The molecule has 0 radical (unpaired) electrons. The quantitative estimate of drug-likeness (QED) is 0.177. The predicted molar refractivity (Wildman–Crippen MR) is 163 cm³/mol. The van der Waals surface area contributed by atoms with Crippen molar-refractivity contribution in [3.05, 3.63) is 47.8 Å². The fourth-order valence-electron chi connectivity index (χ4n) is 3.07. The number of rotatable bonds is 12. The number of hydrogen-bond donors (Lipinski definition) is 6. The standard InChI is InChI=1S/2C15H22F3N3O3/c2*1-14(2,3)11(22)8-21-13(23)20-7-10-4-5-19-12(6-10)24-9-15(16,17)18/h2*4-6,11,22H,7-9H2,1-3H3,(H2,20,21,23)/t2*11-/m10/s1. The zero-order chi connectivity index (χ0) is 36.8. The van der Waals surface area contributed by atoms with E-state index in [-0.39, 0.29) is 48.8 Å². The van der Waals surface area contributed by atoms with Gasteiger partial charge in [-0.15, -0.1) is 0 Å². The highest BCUT2D eigenvalue weighted by Crippen LogP contribution is 2.20. The summed E-state index contributed by atoms with van der Waals surface area (Å²) in [6.45, 7) is 8.56. The highest BCUT2D eigenvalue weighted by Gasteiger charge is 2.29. The Morgan fingerprint density at radius 3 is 1.29 bits per heavy atom. The van der Waals surface area contributed by atoms with Crippen molar-refractivity contribution in [2.45, 2.75) is 79.2 Å². The van der Waals surface area contributed by atoms with Crippen LogP contribution in [0.15, 0.2) is 36.7 Å². The first-order valence-corrected chi connectivity index (χ1v) is 14.6. The maximum atomic E-state index is 12.1. The number of halogens is 6. The Kier molecular flexibility index (Phi) is 16.2. The molecule has 2 heterocycles. The number of urea groups is 2. The number of carbonyl (C=O) groups excluding carboxylic acids is 2. The van der Waals surface area contributed by atoms with E-state index >= 15 is 0 Å². The summed E-state index contributed by atoms with van der Waals surface area (Å²) < 4.78 is 81.6. The molecule has 0 aromatic carbocycles. The van der Waals surface area contributed by atoms with E-state index in [0.717, 1.165) is 0 Å². The lowest BCUT2D eigenvalue weighted by Gasteiger charge is -2.25. The average Bonchev–Trinajstić information content (AvgIpc) is 2.97. The van der Waals surface area contributed by atoms with Crippen molar-refractivity contribution >= 4 is 12.1 Å². The molecule has 0 spiro atoms. The van der Waals surface area contributed by atoms with Crippen molar-refractivity contribution in [2.24, 2.45) is 10.8 Å². The molecular formula is C30H44F6N6O6. The molecule has 0 saturated heterocycles. The lowest BCUT2D eigenvalue weighted by molar-refractivity contribution is -0.154. The molecule has 272 valence electrons. The Bertz CT molecular complexity index is 1190. The van der Waals surface area contributed by atoms with Gasteiger partial charge in [-0.3, -0.25) is 0 Å². The van der Waals surface area contributed by atoms with E-state index in [4.69, 9.17) is 0 Å². The number of aromatic nitrogens is 2. The van der Waals surface area contributed by atoms with Gasteiger partial charge in [0, 0.05) is 50.7 Å². The van der Waals surface area contributed by atoms with Gasteiger partial charge >= 0.3 is 24.4 Å². The second kappa shape index (κ2) is 18.5. The van der Waals surface area contributed by atoms with Crippen LogP contribution in [0.1, 0.15) is 52.7 Å². The summed E-state index contributed by atoms with van der Waals surface area (Å²) in [5.41, 5.74) is 0.356. The van der Waals surface area contributed by atoms with Crippen molar-refractivity contribution < 1.29 is 55.6 Å². The second-order valence-corrected chi connectivity index (χ2v) is 12.7. The largest absolute Gasteiger partial charge is 0.468 e. The lowest BCUT2D eigenvalue weighted by atomic mass is 9.89. The smallest absolute Gasteiger partial charge is 0.422 e. The number of alkyl halides is 6. The minimum atomic E-state index is -4.44. The van der Waals surface area contributed by atoms with Gasteiger partial charge in [-0.25, -0.2) is 19.6 Å². The summed E-state index contributed by atoms with van der Waals surface area (Å²) in [5.74, 6) is -0.342. The molecule has 0 aliphatic rings. The molecular weight excluding hydrogens is 654 g/mol. The molecule has 2 rings (SSSR count). The van der Waals surface area contributed by atoms with Crippen LogP contribution in [0.2, 0.25) is 0 Å². The number of pyridine rings is 2. The summed E-state index contributed by atoms with van der Waals surface area (Å²) in [7, 11) is 0. The van der Waals surface area contributed by atoms with Crippen LogP contribution >= 0.6 is 0 Å². The van der Waals surface area contributed by atoms with Crippen LogP contribution in [0.5, 0.6) is 11.8 Å². The van der Waals surface area contributed by atoms with Gasteiger partial charge in [0.2, 0.25) is 11.8 Å². The van der Waals surface area contributed by atoms with Gasteiger partial charge in [0.25, 0.3) is 0 Å². The van der Waals surface area contributed by atoms with Crippen LogP contribution in [0.4, 0.5) is 35.9 Å². The van der Waals surface area contributed by atoms with Gasteiger partial charge in [0.1, 0.15) is 0 Å².